The van der Waals surface area contributed by atoms with Crippen LogP contribution in [0.25, 0.3) is 0 Å². The van der Waals surface area contributed by atoms with Crippen LogP contribution >= 0.6 is 0 Å². The number of hydrogen-bond donors (Lipinski definition) is 2. The standard InChI is InChI=1S/C16H16N4O3/c1-3-7-18-15(22)16(23)19-12-6-4-5-11(10-12)13(21)14-17-8-9-20(14)2/h3-6,8-10H,1,7H2,2H3,(H,18,22)(H,19,23). The van der Waals surface area contributed by atoms with E-state index in [0.717, 1.165) is 0 Å². The molecule has 2 N–H and O–H groups in total. The van der Waals surface area contributed by atoms with Gasteiger partial charge in [0.15, 0.2) is 5.82 Å². The van der Waals surface area contributed by atoms with E-state index in [4.69, 9.17) is 0 Å². The fraction of sp³-hybridized carbons (Fsp3) is 0.125. The van der Waals surface area contributed by atoms with Gasteiger partial charge < -0.3 is 15.2 Å². The summed E-state index contributed by atoms with van der Waals surface area (Å²) >= 11 is 0. The summed E-state index contributed by atoms with van der Waals surface area (Å²) in [5, 5.41) is 4.81. The third-order valence-corrected chi connectivity index (χ3v) is 3.02. The van der Waals surface area contributed by atoms with Gasteiger partial charge in [-0.15, -0.1) is 6.58 Å². The van der Waals surface area contributed by atoms with E-state index in [1.807, 2.05) is 0 Å². The molecule has 1 aromatic carbocycles. The summed E-state index contributed by atoms with van der Waals surface area (Å²) in [6.45, 7) is 3.64. The Hall–Kier alpha value is -3.22. The largest absolute Gasteiger partial charge is 0.344 e. The highest BCUT2D eigenvalue weighted by atomic mass is 16.2. The third-order valence-electron chi connectivity index (χ3n) is 3.02. The summed E-state index contributed by atoms with van der Waals surface area (Å²) in [6.07, 6.45) is 4.67. The molecule has 0 unspecified atom stereocenters. The Morgan fingerprint density at radius 3 is 2.74 bits per heavy atom. The van der Waals surface area contributed by atoms with Gasteiger partial charge in [0.2, 0.25) is 5.78 Å². The van der Waals surface area contributed by atoms with Gasteiger partial charge in [0, 0.05) is 37.2 Å². The lowest BCUT2D eigenvalue weighted by atomic mass is 10.1. The van der Waals surface area contributed by atoms with Crippen LogP contribution in [0.4, 0.5) is 5.69 Å². The first-order chi connectivity index (χ1) is 11.0. The van der Waals surface area contributed by atoms with Crippen molar-refractivity contribution in [2.24, 2.45) is 7.05 Å². The molecule has 0 aliphatic rings. The molecular weight excluding hydrogens is 296 g/mol. The van der Waals surface area contributed by atoms with E-state index >= 15 is 0 Å². The maximum atomic E-state index is 12.4. The van der Waals surface area contributed by atoms with E-state index in [1.54, 1.807) is 36.0 Å². The molecule has 23 heavy (non-hydrogen) atoms. The number of amides is 2. The molecule has 2 amide bonds. The second-order valence-electron chi connectivity index (χ2n) is 4.72. The average molecular weight is 312 g/mol. The number of imidazole rings is 1. The first-order valence-corrected chi connectivity index (χ1v) is 6.85. The van der Waals surface area contributed by atoms with E-state index in [0.29, 0.717) is 11.3 Å². The Kier molecular flexibility index (Phi) is 5.03. The van der Waals surface area contributed by atoms with Crippen molar-refractivity contribution in [1.29, 1.82) is 0 Å². The lowest BCUT2D eigenvalue weighted by molar-refractivity contribution is -0.136. The lowest BCUT2D eigenvalue weighted by Gasteiger charge is -2.07. The van der Waals surface area contributed by atoms with Gasteiger partial charge in [-0.2, -0.15) is 0 Å². The normalized spacial score (nSPS) is 9.96. The van der Waals surface area contributed by atoms with Gasteiger partial charge in [-0.25, -0.2) is 4.98 Å². The van der Waals surface area contributed by atoms with Crippen LogP contribution in [0.15, 0.2) is 49.3 Å². The van der Waals surface area contributed by atoms with Crippen LogP contribution in [0.2, 0.25) is 0 Å². The van der Waals surface area contributed by atoms with Crippen LogP contribution in [-0.4, -0.2) is 33.7 Å². The number of anilines is 1. The third kappa shape index (κ3) is 3.91. The van der Waals surface area contributed by atoms with E-state index in [2.05, 4.69) is 22.2 Å². The highest BCUT2D eigenvalue weighted by molar-refractivity contribution is 6.39. The Morgan fingerprint density at radius 1 is 1.30 bits per heavy atom. The molecule has 1 heterocycles. The van der Waals surface area contributed by atoms with Crippen molar-refractivity contribution >= 4 is 23.3 Å². The topological polar surface area (TPSA) is 93.1 Å². The minimum atomic E-state index is -0.812. The molecule has 0 aliphatic carbocycles. The molecule has 0 bridgehead atoms. The van der Waals surface area contributed by atoms with Crippen LogP contribution in [0.3, 0.4) is 0 Å². The first kappa shape index (κ1) is 16.2. The number of carbonyl (C=O) groups is 3. The number of nitrogens with zero attached hydrogens (tertiary/aromatic N) is 2. The molecule has 7 heteroatoms. The molecule has 118 valence electrons. The number of benzene rings is 1. The van der Waals surface area contributed by atoms with Crippen molar-refractivity contribution < 1.29 is 14.4 Å². The monoisotopic (exact) mass is 312 g/mol. The van der Waals surface area contributed by atoms with Crippen molar-refractivity contribution in [3.63, 3.8) is 0 Å². The molecule has 2 rings (SSSR count). The Bertz CT molecular complexity index is 764. The molecule has 0 saturated heterocycles. The molecule has 2 aromatic rings. The van der Waals surface area contributed by atoms with Gasteiger partial charge in [0.1, 0.15) is 0 Å². The van der Waals surface area contributed by atoms with Crippen molar-refractivity contribution in [3.05, 3.63) is 60.7 Å². The summed E-state index contributed by atoms with van der Waals surface area (Å²) in [7, 11) is 1.72. The Balaban J connectivity index is 2.12. The van der Waals surface area contributed by atoms with E-state index in [1.165, 1.54) is 18.3 Å². The summed E-state index contributed by atoms with van der Waals surface area (Å²) in [4.78, 5) is 39.6. The highest BCUT2D eigenvalue weighted by Crippen LogP contribution is 2.14. The predicted molar refractivity (Wildman–Crippen MR) is 84.9 cm³/mol. The molecular formula is C16H16N4O3. The van der Waals surface area contributed by atoms with E-state index in [-0.39, 0.29) is 18.2 Å². The zero-order valence-corrected chi connectivity index (χ0v) is 12.6. The fourth-order valence-corrected chi connectivity index (χ4v) is 1.88. The van der Waals surface area contributed by atoms with Crippen LogP contribution < -0.4 is 10.6 Å². The summed E-state index contributed by atoms with van der Waals surface area (Å²) in [5.74, 6) is -1.57. The first-order valence-electron chi connectivity index (χ1n) is 6.85. The zero-order valence-electron chi connectivity index (χ0n) is 12.6. The quantitative estimate of drug-likeness (QED) is 0.487. The number of nitrogens with one attached hydrogen (secondary N) is 2. The number of carbonyl (C=O) groups excluding carboxylic acids is 3. The van der Waals surface area contributed by atoms with Gasteiger partial charge >= 0.3 is 11.8 Å². The van der Waals surface area contributed by atoms with Crippen LogP contribution in [0.1, 0.15) is 16.2 Å². The predicted octanol–water partition coefficient (Wildman–Crippen LogP) is 0.892. The molecule has 0 aliphatic heterocycles. The second-order valence-corrected chi connectivity index (χ2v) is 4.72. The fourth-order valence-electron chi connectivity index (χ4n) is 1.88. The minimum Gasteiger partial charge on any atom is -0.344 e. The van der Waals surface area contributed by atoms with Gasteiger partial charge in [-0.3, -0.25) is 14.4 Å². The van der Waals surface area contributed by atoms with E-state index < -0.39 is 11.8 Å². The minimum absolute atomic E-state index is 0.198. The SMILES string of the molecule is C=CCNC(=O)C(=O)Nc1cccc(C(=O)c2nccn2C)c1. The number of aryl methyl sites for hydroxylation is 1. The highest BCUT2D eigenvalue weighted by Gasteiger charge is 2.16. The molecule has 1 aromatic heterocycles. The summed E-state index contributed by atoms with van der Waals surface area (Å²) in [6, 6.07) is 6.32. The van der Waals surface area contributed by atoms with Gasteiger partial charge in [-0.1, -0.05) is 18.2 Å². The van der Waals surface area contributed by atoms with Crippen LogP contribution in [0.5, 0.6) is 0 Å². The Morgan fingerprint density at radius 2 is 2.09 bits per heavy atom. The molecule has 7 nitrogen and oxygen atoms in total. The number of hydrogen-bond acceptors (Lipinski definition) is 4. The summed E-state index contributed by atoms with van der Waals surface area (Å²) < 4.78 is 1.61. The Labute approximate surface area is 133 Å². The number of rotatable bonds is 5. The van der Waals surface area contributed by atoms with Crippen LogP contribution in [0, 0.1) is 0 Å². The van der Waals surface area contributed by atoms with Gasteiger partial charge in [0.05, 0.1) is 0 Å². The molecule has 0 atom stereocenters. The van der Waals surface area contributed by atoms with Crippen molar-refractivity contribution in [2.45, 2.75) is 0 Å². The smallest absolute Gasteiger partial charge is 0.313 e. The molecule has 0 saturated carbocycles. The average Bonchev–Trinajstić information content (AvgIpc) is 2.98. The van der Waals surface area contributed by atoms with Crippen molar-refractivity contribution in [1.82, 2.24) is 14.9 Å². The molecule has 0 fully saturated rings. The van der Waals surface area contributed by atoms with Crippen molar-refractivity contribution in [3.8, 4) is 0 Å². The molecule has 0 spiro atoms. The van der Waals surface area contributed by atoms with Gasteiger partial charge in [0.25, 0.3) is 0 Å². The maximum Gasteiger partial charge on any atom is 0.313 e. The maximum absolute atomic E-state index is 12.4. The van der Waals surface area contributed by atoms with Crippen molar-refractivity contribution in [2.75, 3.05) is 11.9 Å². The van der Waals surface area contributed by atoms with E-state index in [9.17, 15) is 14.4 Å². The zero-order chi connectivity index (χ0) is 16.8. The molecule has 0 radical (unpaired) electrons. The van der Waals surface area contributed by atoms with Gasteiger partial charge in [-0.05, 0) is 12.1 Å². The van der Waals surface area contributed by atoms with Crippen LogP contribution in [-0.2, 0) is 16.6 Å². The summed E-state index contributed by atoms with van der Waals surface area (Å²) in [5.41, 5.74) is 0.715. The number of ketones is 1. The second kappa shape index (κ2) is 7.17. The number of aromatic nitrogens is 2. The lowest BCUT2D eigenvalue weighted by Crippen LogP contribution is -2.35.